The molecule has 0 aliphatic rings. The van der Waals surface area contributed by atoms with Gasteiger partial charge in [0.05, 0.1) is 0 Å². The van der Waals surface area contributed by atoms with Crippen LogP contribution in [0.25, 0.3) is 0 Å². The van der Waals surface area contributed by atoms with Crippen molar-refractivity contribution >= 4 is 0 Å². The van der Waals surface area contributed by atoms with Crippen LogP contribution in [0.4, 0.5) is 0 Å². The molecule has 0 heterocycles. The average molecular weight is 97.2 g/mol. The Balaban J connectivity index is 3.17. The minimum atomic E-state index is 1.20. The van der Waals surface area contributed by atoms with Gasteiger partial charge in [-0.3, -0.25) is 0 Å². The molecule has 0 spiro atoms. The molecule has 0 rings (SSSR count). The second-order valence-corrected chi connectivity index (χ2v) is 1.80. The van der Waals surface area contributed by atoms with Crippen LogP contribution in [0.1, 0.15) is 26.7 Å². The fourth-order valence-electron chi connectivity index (χ4n) is 0.496. The van der Waals surface area contributed by atoms with E-state index in [9.17, 15) is 0 Å². The van der Waals surface area contributed by atoms with Gasteiger partial charge in [-0.2, -0.15) is 0 Å². The van der Waals surface area contributed by atoms with E-state index in [0.717, 1.165) is 0 Å². The summed E-state index contributed by atoms with van der Waals surface area (Å²) in [6.45, 7) is 7.92. The summed E-state index contributed by atoms with van der Waals surface area (Å²) in [5.41, 5.74) is 1.39. The third kappa shape index (κ3) is 3.57. The van der Waals surface area contributed by atoms with Crippen LogP contribution in [-0.2, 0) is 0 Å². The number of hydrogen-bond donors (Lipinski definition) is 0. The summed E-state index contributed by atoms with van der Waals surface area (Å²) in [5, 5.41) is 0. The van der Waals surface area contributed by atoms with Crippen LogP contribution in [0.2, 0.25) is 0 Å². The van der Waals surface area contributed by atoms with Crippen LogP contribution >= 0.6 is 0 Å². The van der Waals surface area contributed by atoms with E-state index >= 15 is 0 Å². The second-order valence-electron chi connectivity index (χ2n) is 1.80. The molecule has 0 fully saturated rings. The Kier molecular flexibility index (Phi) is 3.77. The van der Waals surface area contributed by atoms with Crippen molar-refractivity contribution in [2.24, 2.45) is 0 Å². The van der Waals surface area contributed by atoms with Crippen LogP contribution in [0.15, 0.2) is 11.6 Å². The van der Waals surface area contributed by atoms with Crippen molar-refractivity contribution in [2.75, 3.05) is 0 Å². The van der Waals surface area contributed by atoms with E-state index < -0.39 is 0 Å². The van der Waals surface area contributed by atoms with Gasteiger partial charge < -0.3 is 0 Å². The first kappa shape index (κ1) is 6.74. The molecule has 0 nitrogen and oxygen atoms in total. The summed E-state index contributed by atoms with van der Waals surface area (Å²) < 4.78 is 0. The van der Waals surface area contributed by atoms with E-state index in [2.05, 4.69) is 20.8 Å². The Morgan fingerprint density at radius 2 is 2.29 bits per heavy atom. The zero-order valence-corrected chi connectivity index (χ0v) is 5.20. The minimum Gasteiger partial charge on any atom is -0.0853 e. The monoisotopic (exact) mass is 97.1 g/mol. The van der Waals surface area contributed by atoms with Crippen molar-refractivity contribution in [3.05, 3.63) is 18.6 Å². The maximum absolute atomic E-state index is 3.64. The van der Waals surface area contributed by atoms with Crippen LogP contribution in [-0.4, -0.2) is 0 Å². The molecular formula is C7H13. The average Bonchev–Trinajstić information content (AvgIpc) is 1.68. The summed E-state index contributed by atoms with van der Waals surface area (Å²) in [6, 6.07) is 0. The number of rotatable bonds is 2. The minimum absolute atomic E-state index is 1.20. The highest BCUT2D eigenvalue weighted by Gasteiger charge is 1.79. The Morgan fingerprint density at radius 1 is 1.71 bits per heavy atom. The van der Waals surface area contributed by atoms with Crippen molar-refractivity contribution < 1.29 is 0 Å². The topological polar surface area (TPSA) is 0 Å². The molecule has 0 unspecified atom stereocenters. The second kappa shape index (κ2) is 3.91. The van der Waals surface area contributed by atoms with Crippen LogP contribution in [0.3, 0.4) is 0 Å². The van der Waals surface area contributed by atoms with E-state index in [0.29, 0.717) is 0 Å². The molecule has 0 saturated heterocycles. The van der Waals surface area contributed by atoms with E-state index in [4.69, 9.17) is 0 Å². The lowest BCUT2D eigenvalue weighted by Crippen LogP contribution is -1.70. The molecule has 0 aromatic heterocycles. The largest absolute Gasteiger partial charge is 0.0853 e. The standard InChI is InChI=1S/C7H13/c1-4-6-7(3)5-2/h5H,2,4,6H2,1,3H3. The predicted octanol–water partition coefficient (Wildman–Crippen LogP) is 2.57. The first-order valence-electron chi connectivity index (χ1n) is 2.76. The Bertz CT molecular complexity index is 60.4. The Hall–Kier alpha value is -0.260. The van der Waals surface area contributed by atoms with Gasteiger partial charge in [-0.05, 0) is 20.3 Å². The van der Waals surface area contributed by atoms with Crippen molar-refractivity contribution in [3.8, 4) is 0 Å². The van der Waals surface area contributed by atoms with Gasteiger partial charge in [0.1, 0.15) is 0 Å². The van der Waals surface area contributed by atoms with Crippen molar-refractivity contribution in [2.45, 2.75) is 26.7 Å². The molecule has 41 valence electrons. The van der Waals surface area contributed by atoms with E-state index in [1.54, 1.807) is 0 Å². The van der Waals surface area contributed by atoms with Crippen molar-refractivity contribution in [3.63, 3.8) is 0 Å². The van der Waals surface area contributed by atoms with Gasteiger partial charge >= 0.3 is 0 Å². The predicted molar refractivity (Wildman–Crippen MR) is 34.0 cm³/mol. The van der Waals surface area contributed by atoms with E-state index in [-0.39, 0.29) is 0 Å². The van der Waals surface area contributed by atoms with Crippen LogP contribution in [0.5, 0.6) is 0 Å². The zero-order chi connectivity index (χ0) is 5.70. The van der Waals surface area contributed by atoms with E-state index in [1.165, 1.54) is 18.4 Å². The molecule has 0 aromatic rings. The third-order valence-corrected chi connectivity index (χ3v) is 0.993. The summed E-state index contributed by atoms with van der Waals surface area (Å²) in [4.78, 5) is 0. The van der Waals surface area contributed by atoms with Gasteiger partial charge in [0, 0.05) is 0 Å². The molecule has 0 bridgehead atoms. The smallest absolute Gasteiger partial charge is 0.0313 e. The molecular weight excluding hydrogens is 84.1 g/mol. The fraction of sp³-hybridized carbons (Fsp3) is 0.571. The molecule has 0 aliphatic carbocycles. The SMILES string of the molecule is [CH2]C=C(C)CCC. The summed E-state index contributed by atoms with van der Waals surface area (Å²) in [5.74, 6) is 0. The van der Waals surface area contributed by atoms with Crippen molar-refractivity contribution in [1.29, 1.82) is 0 Å². The Labute approximate surface area is 46.2 Å². The number of allylic oxidation sites excluding steroid dienone is 2. The molecule has 0 saturated carbocycles. The molecule has 0 aromatic carbocycles. The molecule has 0 atom stereocenters. The summed E-state index contributed by atoms with van der Waals surface area (Å²) in [6.07, 6.45) is 4.35. The fourth-order valence-corrected chi connectivity index (χ4v) is 0.496. The van der Waals surface area contributed by atoms with Crippen LogP contribution < -0.4 is 0 Å². The third-order valence-electron chi connectivity index (χ3n) is 0.993. The van der Waals surface area contributed by atoms with Crippen LogP contribution in [0, 0.1) is 6.92 Å². The Morgan fingerprint density at radius 3 is 2.43 bits per heavy atom. The first-order chi connectivity index (χ1) is 3.31. The summed E-state index contributed by atoms with van der Waals surface area (Å²) >= 11 is 0. The zero-order valence-electron chi connectivity index (χ0n) is 5.20. The quantitative estimate of drug-likeness (QED) is 0.496. The molecule has 7 heavy (non-hydrogen) atoms. The van der Waals surface area contributed by atoms with E-state index in [1.807, 2.05) is 6.08 Å². The highest BCUT2D eigenvalue weighted by Crippen LogP contribution is 2.00. The lowest BCUT2D eigenvalue weighted by molar-refractivity contribution is 0.905. The lowest BCUT2D eigenvalue weighted by Gasteiger charge is -1.90. The molecule has 0 heteroatoms. The normalized spacial score (nSPS) is 12.1. The van der Waals surface area contributed by atoms with Gasteiger partial charge in [-0.25, -0.2) is 0 Å². The highest BCUT2D eigenvalue weighted by molar-refractivity contribution is 4.98. The molecule has 0 N–H and O–H groups in total. The number of hydrogen-bond acceptors (Lipinski definition) is 0. The van der Waals surface area contributed by atoms with Gasteiger partial charge in [-0.1, -0.05) is 25.0 Å². The van der Waals surface area contributed by atoms with Crippen molar-refractivity contribution in [1.82, 2.24) is 0 Å². The van der Waals surface area contributed by atoms with Gasteiger partial charge in [0.15, 0.2) is 0 Å². The van der Waals surface area contributed by atoms with Gasteiger partial charge in [-0.15, -0.1) is 0 Å². The lowest BCUT2D eigenvalue weighted by atomic mass is 10.2. The highest BCUT2D eigenvalue weighted by atomic mass is 13.9. The molecule has 0 amide bonds. The maximum atomic E-state index is 3.64. The van der Waals surface area contributed by atoms with Gasteiger partial charge in [0.2, 0.25) is 0 Å². The summed E-state index contributed by atoms with van der Waals surface area (Å²) in [7, 11) is 0. The maximum Gasteiger partial charge on any atom is -0.0313 e. The van der Waals surface area contributed by atoms with Gasteiger partial charge in [0.25, 0.3) is 0 Å². The molecule has 0 aliphatic heterocycles. The first-order valence-corrected chi connectivity index (χ1v) is 2.76. The molecule has 1 radical (unpaired) electrons.